The van der Waals surface area contributed by atoms with Crippen LogP contribution in [0.25, 0.3) is 0 Å². The Bertz CT molecular complexity index is 564. The Hall–Kier alpha value is -0.870. The molecule has 0 aliphatic heterocycles. The fourth-order valence-electron chi connectivity index (χ4n) is 2.84. The van der Waals surface area contributed by atoms with Gasteiger partial charge in [0, 0.05) is 12.6 Å². The van der Waals surface area contributed by atoms with Crippen LogP contribution in [0.5, 0.6) is 0 Å². The highest BCUT2D eigenvalue weighted by Crippen LogP contribution is 2.32. The van der Waals surface area contributed by atoms with Crippen molar-refractivity contribution in [1.29, 1.82) is 0 Å². The first-order valence-electron chi connectivity index (χ1n) is 7.97. The van der Waals surface area contributed by atoms with Gasteiger partial charge in [0.25, 0.3) is 0 Å². The van der Waals surface area contributed by atoms with Crippen molar-refractivity contribution >= 4 is 10.0 Å². The monoisotopic (exact) mass is 309 g/mol. The molecule has 0 amide bonds. The van der Waals surface area contributed by atoms with Gasteiger partial charge in [-0.25, -0.2) is 8.42 Å². The normalized spacial score (nSPS) is 17.1. The molecule has 1 aliphatic rings. The first-order chi connectivity index (χ1) is 9.92. The third kappa shape index (κ3) is 4.82. The van der Waals surface area contributed by atoms with Crippen LogP contribution < -0.4 is 0 Å². The van der Waals surface area contributed by atoms with Gasteiger partial charge in [0.05, 0.1) is 5.75 Å². The second kappa shape index (κ2) is 6.93. The van der Waals surface area contributed by atoms with Gasteiger partial charge in [-0.05, 0) is 37.7 Å². The van der Waals surface area contributed by atoms with Crippen molar-refractivity contribution < 1.29 is 8.42 Å². The molecule has 0 heterocycles. The van der Waals surface area contributed by atoms with Crippen molar-refractivity contribution in [3.05, 3.63) is 35.4 Å². The smallest absolute Gasteiger partial charge is 0.212 e. The van der Waals surface area contributed by atoms with Crippen LogP contribution >= 0.6 is 0 Å². The maximum atomic E-state index is 12.7. The lowest BCUT2D eigenvalue weighted by Crippen LogP contribution is -2.36. The average molecular weight is 309 g/mol. The molecule has 1 aromatic carbocycles. The molecule has 0 radical (unpaired) electrons. The van der Waals surface area contributed by atoms with E-state index < -0.39 is 10.0 Å². The second-order valence-electron chi connectivity index (χ2n) is 6.44. The quantitative estimate of drug-likeness (QED) is 0.734. The van der Waals surface area contributed by atoms with E-state index in [0.29, 0.717) is 6.54 Å². The van der Waals surface area contributed by atoms with Crippen molar-refractivity contribution in [1.82, 2.24) is 4.31 Å². The number of nitrogens with zero attached hydrogens (tertiary/aromatic N) is 1. The molecule has 118 valence electrons. The van der Waals surface area contributed by atoms with E-state index in [0.717, 1.165) is 31.2 Å². The van der Waals surface area contributed by atoms with Gasteiger partial charge >= 0.3 is 0 Å². The Morgan fingerprint density at radius 1 is 1.33 bits per heavy atom. The third-order valence-corrected chi connectivity index (χ3v) is 6.14. The van der Waals surface area contributed by atoms with Crippen molar-refractivity contribution in [3.63, 3.8) is 0 Å². The summed E-state index contributed by atoms with van der Waals surface area (Å²) >= 11 is 0. The predicted molar refractivity (Wildman–Crippen MR) is 87.6 cm³/mol. The van der Waals surface area contributed by atoms with E-state index in [-0.39, 0.29) is 17.7 Å². The molecule has 0 aromatic heterocycles. The van der Waals surface area contributed by atoms with Crippen molar-refractivity contribution in [2.75, 3.05) is 5.75 Å². The number of benzene rings is 1. The summed E-state index contributed by atoms with van der Waals surface area (Å²) in [4.78, 5) is 0. The van der Waals surface area contributed by atoms with Gasteiger partial charge in [-0.1, -0.05) is 50.1 Å². The Labute approximate surface area is 129 Å². The van der Waals surface area contributed by atoms with E-state index in [1.165, 1.54) is 5.56 Å². The number of hydrogen-bond acceptors (Lipinski definition) is 2. The predicted octanol–water partition coefficient (Wildman–Crippen LogP) is 3.73. The summed E-state index contributed by atoms with van der Waals surface area (Å²) in [5.41, 5.74) is 2.27. The highest BCUT2D eigenvalue weighted by Gasteiger charge is 2.37. The number of aryl methyl sites for hydroxylation is 1. The zero-order valence-electron chi connectivity index (χ0n) is 13.4. The molecule has 0 N–H and O–H groups in total. The first kappa shape index (κ1) is 16.5. The fourth-order valence-corrected chi connectivity index (χ4v) is 4.93. The lowest BCUT2D eigenvalue weighted by Gasteiger charge is -2.24. The summed E-state index contributed by atoms with van der Waals surface area (Å²) in [6.45, 7) is 6.71. The van der Waals surface area contributed by atoms with E-state index in [4.69, 9.17) is 0 Å². The topological polar surface area (TPSA) is 37.4 Å². The van der Waals surface area contributed by atoms with E-state index in [1.807, 2.05) is 32.0 Å². The maximum Gasteiger partial charge on any atom is 0.214 e. The molecule has 1 saturated carbocycles. The summed E-state index contributed by atoms with van der Waals surface area (Å²) < 4.78 is 27.2. The van der Waals surface area contributed by atoms with Crippen LogP contribution in [0.15, 0.2) is 24.3 Å². The van der Waals surface area contributed by atoms with E-state index in [9.17, 15) is 8.42 Å². The van der Waals surface area contributed by atoms with Gasteiger partial charge in [0.1, 0.15) is 0 Å². The Morgan fingerprint density at radius 3 is 2.62 bits per heavy atom. The number of hydrogen-bond donors (Lipinski definition) is 0. The molecule has 0 spiro atoms. The highest BCUT2D eigenvalue weighted by molar-refractivity contribution is 7.89. The zero-order chi connectivity index (χ0) is 15.5. The molecule has 2 rings (SSSR count). The average Bonchev–Trinajstić information content (AvgIpc) is 3.19. The Kier molecular flexibility index (Phi) is 5.44. The maximum absolute atomic E-state index is 12.7. The Balaban J connectivity index is 2.11. The van der Waals surface area contributed by atoms with Crippen LogP contribution in [0, 0.1) is 12.8 Å². The van der Waals surface area contributed by atoms with Crippen molar-refractivity contribution in [2.45, 2.75) is 59.0 Å². The van der Waals surface area contributed by atoms with Crippen molar-refractivity contribution in [3.8, 4) is 0 Å². The third-order valence-electron chi connectivity index (χ3n) is 4.01. The van der Waals surface area contributed by atoms with Gasteiger partial charge in [-0.2, -0.15) is 4.31 Å². The fraction of sp³-hybridized carbons (Fsp3) is 0.647. The summed E-state index contributed by atoms with van der Waals surface area (Å²) in [5.74, 6) is 0.516. The zero-order valence-corrected chi connectivity index (χ0v) is 14.2. The molecule has 3 nitrogen and oxygen atoms in total. The lowest BCUT2D eigenvalue weighted by molar-refractivity contribution is 0.391. The molecule has 0 bridgehead atoms. The molecule has 1 aromatic rings. The molecular formula is C17H27NO2S. The van der Waals surface area contributed by atoms with E-state index >= 15 is 0 Å². The molecular weight excluding hydrogens is 282 g/mol. The van der Waals surface area contributed by atoms with Crippen molar-refractivity contribution in [2.24, 2.45) is 5.92 Å². The van der Waals surface area contributed by atoms with Gasteiger partial charge < -0.3 is 0 Å². The SMILES string of the molecule is CCCC(C)CS(=O)(=O)N(Cc1cccc(C)c1)C1CC1. The lowest BCUT2D eigenvalue weighted by atomic mass is 10.1. The van der Waals surface area contributed by atoms with Gasteiger partial charge in [-0.3, -0.25) is 0 Å². The summed E-state index contributed by atoms with van der Waals surface area (Å²) in [5, 5.41) is 0. The van der Waals surface area contributed by atoms with E-state index in [1.54, 1.807) is 4.31 Å². The molecule has 1 aliphatic carbocycles. The molecule has 1 fully saturated rings. The minimum Gasteiger partial charge on any atom is -0.212 e. The first-order valence-corrected chi connectivity index (χ1v) is 9.58. The van der Waals surface area contributed by atoms with Crippen LogP contribution in [0.1, 0.15) is 50.7 Å². The van der Waals surface area contributed by atoms with Crippen LogP contribution in [-0.4, -0.2) is 24.5 Å². The summed E-state index contributed by atoms with van der Waals surface area (Å²) in [7, 11) is -3.16. The largest absolute Gasteiger partial charge is 0.214 e. The summed E-state index contributed by atoms with van der Waals surface area (Å²) in [6, 6.07) is 8.38. The minimum absolute atomic E-state index is 0.226. The molecule has 4 heteroatoms. The highest BCUT2D eigenvalue weighted by atomic mass is 32.2. The molecule has 1 atom stereocenters. The minimum atomic E-state index is -3.16. The molecule has 21 heavy (non-hydrogen) atoms. The van der Waals surface area contributed by atoms with Crippen LogP contribution in [0.3, 0.4) is 0 Å². The van der Waals surface area contributed by atoms with E-state index in [2.05, 4.69) is 13.0 Å². The van der Waals surface area contributed by atoms with Crippen LogP contribution in [0.2, 0.25) is 0 Å². The second-order valence-corrected chi connectivity index (χ2v) is 8.40. The van der Waals surface area contributed by atoms with Crippen LogP contribution in [-0.2, 0) is 16.6 Å². The molecule has 1 unspecified atom stereocenters. The summed E-state index contributed by atoms with van der Waals surface area (Å²) in [6.07, 6.45) is 4.03. The van der Waals surface area contributed by atoms with Gasteiger partial charge in [0.15, 0.2) is 0 Å². The van der Waals surface area contributed by atoms with Gasteiger partial charge in [-0.15, -0.1) is 0 Å². The Morgan fingerprint density at radius 2 is 2.05 bits per heavy atom. The van der Waals surface area contributed by atoms with Gasteiger partial charge in [0.2, 0.25) is 10.0 Å². The standard InChI is InChI=1S/C17H27NO2S/c1-4-6-15(3)13-21(19,20)18(17-9-10-17)12-16-8-5-7-14(2)11-16/h5,7-8,11,15,17H,4,6,9-10,12-13H2,1-3H3. The molecule has 0 saturated heterocycles. The van der Waals surface area contributed by atoms with Crippen LogP contribution in [0.4, 0.5) is 0 Å². The number of rotatable bonds is 8. The number of sulfonamides is 1.